The van der Waals surface area contributed by atoms with Crippen molar-refractivity contribution >= 4 is 0 Å². The Hall–Kier alpha value is -0.860. The number of nitrogens with zero attached hydrogens (tertiary/aromatic N) is 2. The summed E-state index contributed by atoms with van der Waals surface area (Å²) in [6.07, 6.45) is 1.05. The maximum absolute atomic E-state index is 5.09. The lowest BCUT2D eigenvalue weighted by molar-refractivity contribution is 0.358. The molecule has 0 saturated carbocycles. The van der Waals surface area contributed by atoms with Gasteiger partial charge in [0, 0.05) is 11.8 Å². The van der Waals surface area contributed by atoms with Crippen molar-refractivity contribution in [3.63, 3.8) is 0 Å². The standard InChI is InChI=1S/C9H16N2O/c1-5-7(4)8-10-9(6(2)3)12-11-8/h6-7H,5H2,1-4H3. The first-order chi connectivity index (χ1) is 5.65. The van der Waals surface area contributed by atoms with Crippen LogP contribution in [0.15, 0.2) is 4.52 Å². The van der Waals surface area contributed by atoms with Gasteiger partial charge in [-0.15, -0.1) is 0 Å². The molecule has 0 saturated heterocycles. The average molecular weight is 168 g/mol. The van der Waals surface area contributed by atoms with Crippen LogP contribution >= 0.6 is 0 Å². The summed E-state index contributed by atoms with van der Waals surface area (Å²) in [6, 6.07) is 0. The van der Waals surface area contributed by atoms with Gasteiger partial charge in [0.15, 0.2) is 5.82 Å². The summed E-state index contributed by atoms with van der Waals surface area (Å²) in [4.78, 5) is 4.30. The van der Waals surface area contributed by atoms with Crippen LogP contribution < -0.4 is 0 Å². The van der Waals surface area contributed by atoms with Gasteiger partial charge in [-0.1, -0.05) is 32.9 Å². The zero-order chi connectivity index (χ0) is 9.14. The van der Waals surface area contributed by atoms with Gasteiger partial charge in [0.25, 0.3) is 0 Å². The third-order valence-electron chi connectivity index (χ3n) is 2.00. The van der Waals surface area contributed by atoms with Crippen LogP contribution in [-0.4, -0.2) is 10.1 Å². The predicted octanol–water partition coefficient (Wildman–Crippen LogP) is 2.71. The van der Waals surface area contributed by atoms with Crippen molar-refractivity contribution in [1.29, 1.82) is 0 Å². The summed E-state index contributed by atoms with van der Waals surface area (Å²) in [7, 11) is 0. The summed E-state index contributed by atoms with van der Waals surface area (Å²) in [5.74, 6) is 2.31. The van der Waals surface area contributed by atoms with E-state index in [1.165, 1.54) is 0 Å². The smallest absolute Gasteiger partial charge is 0.229 e. The molecule has 0 fully saturated rings. The quantitative estimate of drug-likeness (QED) is 0.696. The normalized spacial score (nSPS) is 13.8. The number of rotatable bonds is 3. The molecule has 0 aliphatic rings. The summed E-state index contributed by atoms with van der Waals surface area (Å²) >= 11 is 0. The molecule has 0 aliphatic heterocycles. The molecule has 1 unspecified atom stereocenters. The molecule has 68 valence electrons. The van der Waals surface area contributed by atoms with E-state index in [9.17, 15) is 0 Å². The van der Waals surface area contributed by atoms with Crippen LogP contribution in [-0.2, 0) is 0 Å². The molecule has 0 aliphatic carbocycles. The van der Waals surface area contributed by atoms with Crippen LogP contribution in [0.4, 0.5) is 0 Å². The Bertz CT molecular complexity index is 242. The Kier molecular flexibility index (Phi) is 2.84. The lowest BCUT2D eigenvalue weighted by atomic mass is 10.1. The van der Waals surface area contributed by atoms with Crippen molar-refractivity contribution in [1.82, 2.24) is 10.1 Å². The first-order valence-electron chi connectivity index (χ1n) is 4.48. The van der Waals surface area contributed by atoms with E-state index >= 15 is 0 Å². The monoisotopic (exact) mass is 168 g/mol. The van der Waals surface area contributed by atoms with Gasteiger partial charge in [0.2, 0.25) is 5.89 Å². The van der Waals surface area contributed by atoms with Gasteiger partial charge < -0.3 is 4.52 Å². The van der Waals surface area contributed by atoms with Gasteiger partial charge in [-0.05, 0) is 6.42 Å². The van der Waals surface area contributed by atoms with Crippen molar-refractivity contribution in [3.8, 4) is 0 Å². The first kappa shape index (κ1) is 9.23. The third-order valence-corrected chi connectivity index (χ3v) is 2.00. The lowest BCUT2D eigenvalue weighted by Crippen LogP contribution is -1.94. The van der Waals surface area contributed by atoms with E-state index < -0.39 is 0 Å². The second-order valence-electron chi connectivity index (χ2n) is 3.45. The van der Waals surface area contributed by atoms with Crippen LogP contribution in [0.25, 0.3) is 0 Å². The van der Waals surface area contributed by atoms with E-state index in [1.807, 2.05) is 13.8 Å². The minimum absolute atomic E-state index is 0.329. The Morgan fingerprint density at radius 1 is 1.33 bits per heavy atom. The molecular formula is C9H16N2O. The van der Waals surface area contributed by atoms with E-state index in [2.05, 4.69) is 24.0 Å². The molecular weight excluding hydrogens is 152 g/mol. The number of hydrogen-bond acceptors (Lipinski definition) is 3. The fourth-order valence-corrected chi connectivity index (χ4v) is 0.865. The molecule has 1 aromatic rings. The molecule has 0 bridgehead atoms. The summed E-state index contributed by atoms with van der Waals surface area (Å²) in [6.45, 7) is 8.33. The molecule has 1 rings (SSSR count). The molecule has 1 heterocycles. The van der Waals surface area contributed by atoms with Crippen LogP contribution in [0.3, 0.4) is 0 Å². The largest absolute Gasteiger partial charge is 0.339 e. The molecule has 1 atom stereocenters. The van der Waals surface area contributed by atoms with E-state index in [4.69, 9.17) is 4.52 Å². The fourth-order valence-electron chi connectivity index (χ4n) is 0.865. The maximum Gasteiger partial charge on any atom is 0.229 e. The Morgan fingerprint density at radius 3 is 2.42 bits per heavy atom. The van der Waals surface area contributed by atoms with E-state index in [-0.39, 0.29) is 0 Å². The second-order valence-corrected chi connectivity index (χ2v) is 3.45. The summed E-state index contributed by atoms with van der Waals surface area (Å²) < 4.78 is 5.09. The number of aromatic nitrogens is 2. The van der Waals surface area contributed by atoms with Crippen molar-refractivity contribution in [3.05, 3.63) is 11.7 Å². The second kappa shape index (κ2) is 3.70. The van der Waals surface area contributed by atoms with Gasteiger partial charge in [0.05, 0.1) is 0 Å². The molecule has 0 amide bonds. The average Bonchev–Trinajstić information content (AvgIpc) is 2.51. The van der Waals surface area contributed by atoms with Crippen molar-refractivity contribution in [2.24, 2.45) is 0 Å². The highest BCUT2D eigenvalue weighted by Gasteiger charge is 2.13. The molecule has 0 radical (unpaired) electrons. The van der Waals surface area contributed by atoms with Gasteiger partial charge in [0.1, 0.15) is 0 Å². The predicted molar refractivity (Wildman–Crippen MR) is 47.1 cm³/mol. The highest BCUT2D eigenvalue weighted by molar-refractivity contribution is 4.95. The van der Waals surface area contributed by atoms with Crippen LogP contribution in [0.2, 0.25) is 0 Å². The Morgan fingerprint density at radius 2 is 2.00 bits per heavy atom. The summed E-state index contributed by atoms with van der Waals surface area (Å²) in [5, 5.41) is 3.92. The molecule has 0 spiro atoms. The van der Waals surface area contributed by atoms with Gasteiger partial charge in [-0.3, -0.25) is 0 Å². The van der Waals surface area contributed by atoms with Crippen molar-refractivity contribution in [2.75, 3.05) is 0 Å². The molecule has 12 heavy (non-hydrogen) atoms. The summed E-state index contributed by atoms with van der Waals surface area (Å²) in [5.41, 5.74) is 0. The molecule has 3 nitrogen and oxygen atoms in total. The van der Waals surface area contributed by atoms with Gasteiger partial charge in [-0.25, -0.2) is 0 Å². The lowest BCUT2D eigenvalue weighted by Gasteiger charge is -1.99. The number of hydrogen-bond donors (Lipinski definition) is 0. The minimum atomic E-state index is 0.329. The molecule has 1 aromatic heterocycles. The topological polar surface area (TPSA) is 38.9 Å². The maximum atomic E-state index is 5.09. The SMILES string of the molecule is CCC(C)c1noc(C(C)C)n1. The zero-order valence-electron chi connectivity index (χ0n) is 8.16. The van der Waals surface area contributed by atoms with Crippen LogP contribution in [0, 0.1) is 0 Å². The molecule has 0 N–H and O–H groups in total. The zero-order valence-corrected chi connectivity index (χ0v) is 8.16. The fraction of sp³-hybridized carbons (Fsp3) is 0.778. The van der Waals surface area contributed by atoms with E-state index in [0.29, 0.717) is 11.8 Å². The van der Waals surface area contributed by atoms with Crippen molar-refractivity contribution < 1.29 is 4.52 Å². The van der Waals surface area contributed by atoms with Crippen LogP contribution in [0.1, 0.15) is 57.7 Å². The van der Waals surface area contributed by atoms with Crippen molar-refractivity contribution in [2.45, 2.75) is 46.0 Å². The van der Waals surface area contributed by atoms with Gasteiger partial charge in [-0.2, -0.15) is 4.98 Å². The third kappa shape index (κ3) is 1.84. The first-order valence-corrected chi connectivity index (χ1v) is 4.48. The van der Waals surface area contributed by atoms with E-state index in [0.717, 1.165) is 18.1 Å². The minimum Gasteiger partial charge on any atom is -0.339 e. The highest BCUT2D eigenvalue weighted by Crippen LogP contribution is 2.18. The van der Waals surface area contributed by atoms with Crippen LogP contribution in [0.5, 0.6) is 0 Å². The van der Waals surface area contributed by atoms with Gasteiger partial charge >= 0.3 is 0 Å². The Labute approximate surface area is 73.2 Å². The Balaban J connectivity index is 2.77. The highest BCUT2D eigenvalue weighted by atomic mass is 16.5. The molecule has 3 heteroatoms. The molecule has 0 aromatic carbocycles. The van der Waals surface area contributed by atoms with E-state index in [1.54, 1.807) is 0 Å².